The van der Waals surface area contributed by atoms with E-state index in [1.807, 2.05) is 18.2 Å². The summed E-state index contributed by atoms with van der Waals surface area (Å²) in [6.45, 7) is 1.84. The van der Waals surface area contributed by atoms with Crippen LogP contribution in [0.25, 0.3) is 10.2 Å². The lowest BCUT2D eigenvalue weighted by atomic mass is 9.71. The zero-order valence-corrected chi connectivity index (χ0v) is 12.9. The molecule has 2 atom stereocenters. The third-order valence-electron chi connectivity index (χ3n) is 5.10. The molecule has 1 aliphatic carbocycles. The number of benzene rings is 1. The fourth-order valence-corrected chi connectivity index (χ4v) is 4.86. The zero-order valence-electron chi connectivity index (χ0n) is 12.1. The highest BCUT2D eigenvalue weighted by molar-refractivity contribution is 7.22. The summed E-state index contributed by atoms with van der Waals surface area (Å²) in [7, 11) is 0. The van der Waals surface area contributed by atoms with Crippen molar-refractivity contribution in [1.29, 1.82) is 0 Å². The number of rotatable bonds is 1. The zero-order chi connectivity index (χ0) is 14.4. The minimum absolute atomic E-state index is 0.400. The molecule has 0 radical (unpaired) electrons. The van der Waals surface area contributed by atoms with Crippen LogP contribution in [-0.2, 0) is 0 Å². The number of aliphatic hydroxyl groups is 1. The Bertz CT molecular complexity index is 671. The van der Waals surface area contributed by atoms with E-state index in [1.54, 1.807) is 11.3 Å². The molecule has 2 aliphatic rings. The quantitative estimate of drug-likeness (QED) is 0.795. The Labute approximate surface area is 128 Å². The van der Waals surface area contributed by atoms with Crippen LogP contribution >= 0.6 is 11.3 Å². The van der Waals surface area contributed by atoms with Crippen LogP contribution in [0.5, 0.6) is 0 Å². The number of hydrogen-bond donors (Lipinski definition) is 2. The summed E-state index contributed by atoms with van der Waals surface area (Å²) >= 11 is 1.71. The highest BCUT2D eigenvalue weighted by Gasteiger charge is 2.43. The predicted molar refractivity (Wildman–Crippen MR) is 87.8 cm³/mol. The standard InChI is InChI=1S/C16H21N3OS/c17-12-4-5-13-14(9-12)21-15(18-13)19-8-7-16(20)6-2-1-3-11(16)10-19/h4-5,9,11,20H,1-3,6-8,10,17H2. The molecule has 2 aromatic rings. The van der Waals surface area contributed by atoms with Gasteiger partial charge in [0.25, 0.3) is 0 Å². The molecule has 0 amide bonds. The van der Waals surface area contributed by atoms with Gasteiger partial charge in [0.1, 0.15) is 0 Å². The smallest absolute Gasteiger partial charge is 0.186 e. The van der Waals surface area contributed by atoms with E-state index in [4.69, 9.17) is 10.7 Å². The van der Waals surface area contributed by atoms with Crippen molar-refractivity contribution in [1.82, 2.24) is 4.98 Å². The van der Waals surface area contributed by atoms with Crippen LogP contribution in [0.15, 0.2) is 18.2 Å². The number of nitrogens with two attached hydrogens (primary N) is 1. The predicted octanol–water partition coefficient (Wildman–Crippen LogP) is 3.01. The normalized spacial score (nSPS) is 29.6. The van der Waals surface area contributed by atoms with Crippen LogP contribution in [0, 0.1) is 5.92 Å². The lowest BCUT2D eigenvalue weighted by Crippen LogP contribution is -2.53. The van der Waals surface area contributed by atoms with Gasteiger partial charge in [0.2, 0.25) is 0 Å². The number of nitrogen functional groups attached to an aromatic ring is 1. The van der Waals surface area contributed by atoms with Gasteiger partial charge in [-0.1, -0.05) is 24.2 Å². The van der Waals surface area contributed by atoms with E-state index in [1.165, 1.54) is 12.8 Å². The van der Waals surface area contributed by atoms with E-state index in [-0.39, 0.29) is 0 Å². The van der Waals surface area contributed by atoms with E-state index >= 15 is 0 Å². The first-order valence-corrected chi connectivity index (χ1v) is 8.59. The second-order valence-electron chi connectivity index (χ2n) is 6.47. The average Bonchev–Trinajstić information content (AvgIpc) is 2.89. The Morgan fingerprint density at radius 2 is 2.24 bits per heavy atom. The van der Waals surface area contributed by atoms with Gasteiger partial charge in [-0.25, -0.2) is 4.98 Å². The maximum atomic E-state index is 10.8. The van der Waals surface area contributed by atoms with Gasteiger partial charge in [-0.2, -0.15) is 0 Å². The SMILES string of the molecule is Nc1ccc2nc(N3CCC4(O)CCCCC4C3)sc2c1. The van der Waals surface area contributed by atoms with E-state index in [0.717, 1.165) is 53.4 Å². The van der Waals surface area contributed by atoms with Gasteiger partial charge in [-0.3, -0.25) is 0 Å². The van der Waals surface area contributed by atoms with Gasteiger partial charge >= 0.3 is 0 Å². The van der Waals surface area contributed by atoms with Gasteiger partial charge in [-0.05, 0) is 37.5 Å². The van der Waals surface area contributed by atoms with E-state index < -0.39 is 5.60 Å². The van der Waals surface area contributed by atoms with Crippen molar-refractivity contribution in [2.24, 2.45) is 5.92 Å². The summed E-state index contributed by atoms with van der Waals surface area (Å²) in [6.07, 6.45) is 5.41. The molecule has 1 aliphatic heterocycles. The molecule has 112 valence electrons. The molecule has 1 aromatic carbocycles. The molecule has 1 aromatic heterocycles. The van der Waals surface area contributed by atoms with Crippen LogP contribution in [0.3, 0.4) is 0 Å². The molecule has 2 fully saturated rings. The summed E-state index contributed by atoms with van der Waals surface area (Å²) in [5, 5.41) is 11.8. The van der Waals surface area contributed by atoms with Crippen LogP contribution in [-0.4, -0.2) is 28.8 Å². The molecule has 1 saturated carbocycles. The second kappa shape index (κ2) is 4.85. The number of piperidine rings is 1. The highest BCUT2D eigenvalue weighted by atomic mass is 32.1. The highest BCUT2D eigenvalue weighted by Crippen LogP contribution is 2.42. The monoisotopic (exact) mass is 303 g/mol. The van der Waals surface area contributed by atoms with Crippen LogP contribution in [0.2, 0.25) is 0 Å². The van der Waals surface area contributed by atoms with E-state index in [9.17, 15) is 5.11 Å². The molecular weight excluding hydrogens is 282 g/mol. The van der Waals surface area contributed by atoms with Crippen molar-refractivity contribution in [3.63, 3.8) is 0 Å². The summed E-state index contributed by atoms with van der Waals surface area (Å²) in [6, 6.07) is 5.89. The Hall–Kier alpha value is -1.33. The van der Waals surface area contributed by atoms with Gasteiger partial charge in [0, 0.05) is 24.7 Å². The number of fused-ring (bicyclic) bond motifs is 2. The molecule has 4 nitrogen and oxygen atoms in total. The second-order valence-corrected chi connectivity index (χ2v) is 7.47. The van der Waals surface area contributed by atoms with Crippen LogP contribution < -0.4 is 10.6 Å². The minimum atomic E-state index is -0.421. The number of thiazole rings is 1. The summed E-state index contributed by atoms with van der Waals surface area (Å²) in [4.78, 5) is 7.10. The van der Waals surface area contributed by atoms with E-state index in [2.05, 4.69) is 4.90 Å². The molecule has 3 N–H and O–H groups in total. The molecule has 0 bridgehead atoms. The van der Waals surface area contributed by atoms with Gasteiger partial charge < -0.3 is 15.7 Å². The lowest BCUT2D eigenvalue weighted by molar-refractivity contribution is -0.0612. The van der Waals surface area contributed by atoms with Crippen molar-refractivity contribution in [3.8, 4) is 0 Å². The third kappa shape index (κ3) is 2.28. The van der Waals surface area contributed by atoms with Crippen molar-refractivity contribution in [2.75, 3.05) is 23.7 Å². The molecule has 21 heavy (non-hydrogen) atoms. The fourth-order valence-electron chi connectivity index (χ4n) is 3.81. The molecule has 2 unspecified atom stereocenters. The fraction of sp³-hybridized carbons (Fsp3) is 0.562. The Morgan fingerprint density at radius 3 is 3.14 bits per heavy atom. The maximum Gasteiger partial charge on any atom is 0.186 e. The maximum absolute atomic E-state index is 10.8. The van der Waals surface area contributed by atoms with E-state index in [0.29, 0.717) is 5.92 Å². The first-order valence-electron chi connectivity index (χ1n) is 7.77. The van der Waals surface area contributed by atoms with Crippen molar-refractivity contribution in [2.45, 2.75) is 37.7 Å². The van der Waals surface area contributed by atoms with Crippen molar-refractivity contribution >= 4 is 32.4 Å². The van der Waals surface area contributed by atoms with Crippen molar-refractivity contribution < 1.29 is 5.11 Å². The third-order valence-corrected chi connectivity index (χ3v) is 6.18. The van der Waals surface area contributed by atoms with Crippen LogP contribution in [0.1, 0.15) is 32.1 Å². The topological polar surface area (TPSA) is 62.4 Å². The Kier molecular flexibility index (Phi) is 3.08. The molecule has 5 heteroatoms. The van der Waals surface area contributed by atoms with Crippen molar-refractivity contribution in [3.05, 3.63) is 18.2 Å². The molecule has 4 rings (SSSR count). The largest absolute Gasteiger partial charge is 0.399 e. The minimum Gasteiger partial charge on any atom is -0.399 e. The number of aromatic nitrogens is 1. The average molecular weight is 303 g/mol. The Balaban J connectivity index is 1.61. The molecule has 0 spiro atoms. The number of nitrogens with zero attached hydrogens (tertiary/aromatic N) is 2. The lowest BCUT2D eigenvalue weighted by Gasteiger charge is -2.47. The first-order chi connectivity index (χ1) is 10.1. The van der Waals surface area contributed by atoms with Gasteiger partial charge in [0.15, 0.2) is 5.13 Å². The van der Waals surface area contributed by atoms with Gasteiger partial charge in [-0.15, -0.1) is 0 Å². The number of hydrogen-bond acceptors (Lipinski definition) is 5. The molecular formula is C16H21N3OS. The summed E-state index contributed by atoms with van der Waals surface area (Å²) in [5.74, 6) is 0.400. The first kappa shape index (κ1) is 13.3. The van der Waals surface area contributed by atoms with Crippen LogP contribution in [0.4, 0.5) is 10.8 Å². The number of anilines is 2. The molecule has 1 saturated heterocycles. The summed E-state index contributed by atoms with van der Waals surface area (Å²) < 4.78 is 1.15. The Morgan fingerprint density at radius 1 is 1.33 bits per heavy atom. The summed E-state index contributed by atoms with van der Waals surface area (Å²) in [5.41, 5.74) is 7.24. The molecule has 2 heterocycles. The van der Waals surface area contributed by atoms with Gasteiger partial charge in [0.05, 0.1) is 15.8 Å².